The first-order valence-corrected chi connectivity index (χ1v) is 8.74. The molecule has 0 aliphatic rings. The maximum absolute atomic E-state index is 5.72. The van der Waals surface area contributed by atoms with Crippen LogP contribution in [0.15, 0.2) is 0 Å². The van der Waals surface area contributed by atoms with Gasteiger partial charge in [-0.05, 0) is 20.4 Å². The summed E-state index contributed by atoms with van der Waals surface area (Å²) in [5.41, 5.74) is 5.56. The third-order valence-electron chi connectivity index (χ3n) is 1.86. The fourth-order valence-electron chi connectivity index (χ4n) is 1.10. The van der Waals surface area contributed by atoms with Crippen molar-refractivity contribution in [1.82, 2.24) is 0 Å². The van der Waals surface area contributed by atoms with Gasteiger partial charge in [0.2, 0.25) is 0 Å². The van der Waals surface area contributed by atoms with Gasteiger partial charge < -0.3 is 14.6 Å². The molecule has 0 spiro atoms. The molecule has 14 heavy (non-hydrogen) atoms. The standard InChI is InChI=1S/C9H23NO2SSi/c1-5-11-14(4,12-6-2)8-13-9(3)7-10/h9H,5-8,10H2,1-4H3. The molecule has 0 amide bonds. The van der Waals surface area contributed by atoms with Crippen molar-refractivity contribution in [3.63, 3.8) is 0 Å². The molecular formula is C9H23NO2SSi. The minimum Gasteiger partial charge on any atom is -0.394 e. The molecular weight excluding hydrogens is 214 g/mol. The molecule has 5 heteroatoms. The Morgan fingerprint density at radius 2 is 1.79 bits per heavy atom. The molecule has 3 nitrogen and oxygen atoms in total. The molecule has 0 aromatic carbocycles. The second-order valence-corrected chi connectivity index (χ2v) is 8.49. The molecule has 0 radical (unpaired) electrons. The molecule has 0 aliphatic carbocycles. The van der Waals surface area contributed by atoms with Crippen molar-refractivity contribution >= 4 is 20.3 Å². The van der Waals surface area contributed by atoms with Crippen molar-refractivity contribution in [2.75, 3.05) is 25.1 Å². The molecule has 0 rings (SSSR count). The maximum atomic E-state index is 5.72. The van der Waals surface area contributed by atoms with Crippen LogP contribution in [-0.4, -0.2) is 38.9 Å². The van der Waals surface area contributed by atoms with Gasteiger partial charge in [0.05, 0.1) is 0 Å². The van der Waals surface area contributed by atoms with Crippen LogP contribution < -0.4 is 5.73 Å². The second kappa shape index (κ2) is 7.70. The predicted molar refractivity (Wildman–Crippen MR) is 65.8 cm³/mol. The fraction of sp³-hybridized carbons (Fsp3) is 1.00. The van der Waals surface area contributed by atoms with Crippen LogP contribution in [0.2, 0.25) is 6.55 Å². The van der Waals surface area contributed by atoms with E-state index in [1.807, 2.05) is 25.6 Å². The smallest absolute Gasteiger partial charge is 0.345 e. The second-order valence-electron chi connectivity index (χ2n) is 3.36. The Kier molecular flexibility index (Phi) is 7.95. The summed E-state index contributed by atoms with van der Waals surface area (Å²) in [4.78, 5) is 0. The molecule has 0 heterocycles. The highest BCUT2D eigenvalue weighted by atomic mass is 32.2. The number of rotatable bonds is 8. The third-order valence-corrected chi connectivity index (χ3v) is 7.19. The van der Waals surface area contributed by atoms with Gasteiger partial charge in [0.15, 0.2) is 0 Å². The van der Waals surface area contributed by atoms with E-state index >= 15 is 0 Å². The molecule has 0 saturated heterocycles. The van der Waals surface area contributed by atoms with Crippen molar-refractivity contribution in [3.8, 4) is 0 Å². The Morgan fingerprint density at radius 3 is 2.14 bits per heavy atom. The highest BCUT2D eigenvalue weighted by Crippen LogP contribution is 2.18. The number of thioether (sulfide) groups is 1. The van der Waals surface area contributed by atoms with Crippen LogP contribution >= 0.6 is 11.8 Å². The zero-order chi connectivity index (χ0) is 11.0. The highest BCUT2D eigenvalue weighted by Gasteiger charge is 2.31. The summed E-state index contributed by atoms with van der Waals surface area (Å²) in [6.45, 7) is 10.5. The van der Waals surface area contributed by atoms with Crippen LogP contribution in [-0.2, 0) is 8.85 Å². The summed E-state index contributed by atoms with van der Waals surface area (Å²) in [6.07, 6.45) is 0. The van der Waals surface area contributed by atoms with E-state index in [1.54, 1.807) is 0 Å². The van der Waals surface area contributed by atoms with Gasteiger partial charge in [0, 0.05) is 30.4 Å². The SMILES string of the molecule is CCO[Si](C)(CSC(C)CN)OCC. The quantitative estimate of drug-likeness (QED) is 0.653. The summed E-state index contributed by atoms with van der Waals surface area (Å²) in [6, 6.07) is 0. The molecule has 0 fully saturated rings. The van der Waals surface area contributed by atoms with Crippen LogP contribution in [0.5, 0.6) is 0 Å². The number of hydrogen-bond donors (Lipinski definition) is 1. The highest BCUT2D eigenvalue weighted by molar-refractivity contribution is 8.01. The molecule has 0 aliphatic heterocycles. The Bertz CT molecular complexity index is 143. The maximum Gasteiger partial charge on any atom is 0.345 e. The minimum atomic E-state index is -1.92. The van der Waals surface area contributed by atoms with Gasteiger partial charge in [-0.15, -0.1) is 0 Å². The lowest BCUT2D eigenvalue weighted by molar-refractivity contribution is 0.195. The van der Waals surface area contributed by atoms with E-state index < -0.39 is 8.56 Å². The molecule has 1 atom stereocenters. The molecule has 86 valence electrons. The first kappa shape index (κ1) is 14.4. The Labute approximate surface area is 93.0 Å². The Hall–Kier alpha value is 0.447. The average Bonchev–Trinajstić information content (AvgIpc) is 2.15. The molecule has 0 aromatic heterocycles. The fourth-order valence-corrected chi connectivity index (χ4v) is 5.55. The molecule has 0 saturated carbocycles. The van der Waals surface area contributed by atoms with E-state index in [9.17, 15) is 0 Å². The zero-order valence-electron chi connectivity index (χ0n) is 9.71. The zero-order valence-corrected chi connectivity index (χ0v) is 11.5. The van der Waals surface area contributed by atoms with Crippen LogP contribution in [0.25, 0.3) is 0 Å². The largest absolute Gasteiger partial charge is 0.394 e. The molecule has 0 bridgehead atoms. The first-order chi connectivity index (χ1) is 6.58. The average molecular weight is 237 g/mol. The third kappa shape index (κ3) is 6.03. The summed E-state index contributed by atoms with van der Waals surface area (Å²) >= 11 is 1.85. The van der Waals surface area contributed by atoms with Crippen LogP contribution in [0, 0.1) is 0 Å². The summed E-state index contributed by atoms with van der Waals surface area (Å²) in [5, 5.41) is 1.45. The lowest BCUT2D eigenvalue weighted by Crippen LogP contribution is -2.43. The lowest BCUT2D eigenvalue weighted by Gasteiger charge is -2.26. The first-order valence-electron chi connectivity index (χ1n) is 5.17. The van der Waals surface area contributed by atoms with Crippen molar-refractivity contribution in [2.24, 2.45) is 5.73 Å². The van der Waals surface area contributed by atoms with Crippen LogP contribution in [0.4, 0.5) is 0 Å². The van der Waals surface area contributed by atoms with Gasteiger partial charge in [-0.25, -0.2) is 0 Å². The monoisotopic (exact) mass is 237 g/mol. The topological polar surface area (TPSA) is 44.5 Å². The van der Waals surface area contributed by atoms with Crippen molar-refractivity contribution < 1.29 is 8.85 Å². The van der Waals surface area contributed by atoms with E-state index in [-0.39, 0.29) is 0 Å². The van der Waals surface area contributed by atoms with Gasteiger partial charge in [-0.1, -0.05) is 6.92 Å². The van der Waals surface area contributed by atoms with E-state index in [2.05, 4.69) is 13.5 Å². The van der Waals surface area contributed by atoms with Crippen molar-refractivity contribution in [3.05, 3.63) is 0 Å². The van der Waals surface area contributed by atoms with Gasteiger partial charge in [0.25, 0.3) is 0 Å². The minimum absolute atomic E-state index is 0.489. The summed E-state index contributed by atoms with van der Waals surface area (Å²) in [5.74, 6) is 0. The number of nitrogens with two attached hydrogens (primary N) is 1. The summed E-state index contributed by atoms with van der Waals surface area (Å²) in [7, 11) is -1.92. The van der Waals surface area contributed by atoms with Gasteiger partial charge >= 0.3 is 8.56 Å². The predicted octanol–water partition coefficient (Wildman–Crippen LogP) is 1.75. The lowest BCUT2D eigenvalue weighted by atomic mass is 10.5. The molecule has 0 aromatic rings. The molecule has 1 unspecified atom stereocenters. The molecule has 2 N–H and O–H groups in total. The van der Waals surface area contributed by atoms with Gasteiger partial charge in [0.1, 0.15) is 0 Å². The van der Waals surface area contributed by atoms with E-state index in [0.29, 0.717) is 11.8 Å². The van der Waals surface area contributed by atoms with E-state index in [0.717, 1.165) is 18.6 Å². The summed E-state index contributed by atoms with van der Waals surface area (Å²) < 4.78 is 11.4. The normalized spacial score (nSPS) is 14.4. The van der Waals surface area contributed by atoms with E-state index in [1.165, 1.54) is 0 Å². The Balaban J connectivity index is 3.94. The van der Waals surface area contributed by atoms with Gasteiger partial charge in [-0.3, -0.25) is 0 Å². The van der Waals surface area contributed by atoms with E-state index in [4.69, 9.17) is 14.6 Å². The Morgan fingerprint density at radius 1 is 1.29 bits per heavy atom. The van der Waals surface area contributed by atoms with Crippen LogP contribution in [0.3, 0.4) is 0 Å². The number of hydrogen-bond acceptors (Lipinski definition) is 4. The van der Waals surface area contributed by atoms with Crippen molar-refractivity contribution in [1.29, 1.82) is 0 Å². The van der Waals surface area contributed by atoms with Crippen LogP contribution in [0.1, 0.15) is 20.8 Å². The van der Waals surface area contributed by atoms with Crippen molar-refractivity contribution in [2.45, 2.75) is 32.6 Å². The van der Waals surface area contributed by atoms with Gasteiger partial charge in [-0.2, -0.15) is 11.8 Å².